The van der Waals surface area contributed by atoms with Crippen LogP contribution < -0.4 is 0 Å². The number of carbonyl (C=O) groups is 1. The molecule has 1 nitrogen and oxygen atoms in total. The van der Waals surface area contributed by atoms with E-state index in [1.165, 1.54) is 0 Å². The molecule has 0 amide bonds. The minimum absolute atomic E-state index is 0.541. The largest absolute Gasteiger partial charge is 0.298 e. The van der Waals surface area contributed by atoms with Gasteiger partial charge in [0.1, 0.15) is 0 Å². The zero-order chi connectivity index (χ0) is 10.4. The Hall–Kier alpha value is -0.780. The molecule has 0 aliphatic rings. The van der Waals surface area contributed by atoms with Crippen molar-refractivity contribution in [1.29, 1.82) is 0 Å². The highest BCUT2D eigenvalue weighted by molar-refractivity contribution is 9.09. The van der Waals surface area contributed by atoms with Crippen molar-refractivity contribution in [1.82, 2.24) is 0 Å². The number of halogens is 2. The summed E-state index contributed by atoms with van der Waals surface area (Å²) in [6.07, 6.45) is 1.53. The number of hydrogen-bond donors (Lipinski definition) is 0. The maximum Gasteiger partial charge on any atom is 0.151 e. The lowest BCUT2D eigenvalue weighted by Crippen LogP contribution is -1.86. The Morgan fingerprint density at radius 3 is 2.93 bits per heavy atom. The highest BCUT2D eigenvalue weighted by Crippen LogP contribution is 2.13. The van der Waals surface area contributed by atoms with Crippen LogP contribution in [0.1, 0.15) is 22.3 Å². The molecule has 14 heavy (non-hydrogen) atoms. The Bertz CT molecular complexity index is 390. The van der Waals surface area contributed by atoms with Crippen LogP contribution in [0.5, 0.6) is 0 Å². The summed E-state index contributed by atoms with van der Waals surface area (Å²) < 4.78 is 0. The van der Waals surface area contributed by atoms with E-state index in [2.05, 4.69) is 27.8 Å². The molecule has 0 unspecified atom stereocenters. The predicted molar refractivity (Wildman–Crippen MR) is 62.1 cm³/mol. The van der Waals surface area contributed by atoms with Crippen molar-refractivity contribution >= 4 is 33.8 Å². The Kier molecular flexibility index (Phi) is 4.72. The molecule has 1 aromatic carbocycles. The van der Waals surface area contributed by atoms with E-state index in [1.807, 2.05) is 0 Å². The Morgan fingerprint density at radius 1 is 1.50 bits per heavy atom. The Balaban J connectivity index is 2.98. The van der Waals surface area contributed by atoms with Crippen LogP contribution in [-0.2, 0) is 0 Å². The molecule has 0 N–H and O–H groups in total. The second-order valence-corrected chi connectivity index (χ2v) is 3.82. The van der Waals surface area contributed by atoms with E-state index in [9.17, 15) is 4.79 Å². The fourth-order valence-electron chi connectivity index (χ4n) is 0.950. The molecule has 0 aliphatic heterocycles. The van der Waals surface area contributed by atoms with E-state index in [4.69, 9.17) is 11.6 Å². The van der Waals surface area contributed by atoms with Crippen molar-refractivity contribution in [2.24, 2.45) is 0 Å². The van der Waals surface area contributed by atoms with Gasteiger partial charge in [0.05, 0.1) is 0 Å². The van der Waals surface area contributed by atoms with Gasteiger partial charge >= 0.3 is 0 Å². The van der Waals surface area contributed by atoms with Gasteiger partial charge in [0, 0.05) is 27.9 Å². The van der Waals surface area contributed by atoms with Crippen LogP contribution in [0.3, 0.4) is 0 Å². The van der Waals surface area contributed by atoms with Crippen LogP contribution in [0.15, 0.2) is 18.2 Å². The SMILES string of the molecule is O=Cc1cc(Cl)ccc1C#CCCBr. The first-order valence-corrected chi connectivity index (χ1v) is 5.57. The maximum absolute atomic E-state index is 10.7. The second-order valence-electron chi connectivity index (χ2n) is 2.59. The second kappa shape index (κ2) is 5.85. The van der Waals surface area contributed by atoms with E-state index in [0.717, 1.165) is 23.6 Å². The first-order chi connectivity index (χ1) is 6.77. The number of hydrogen-bond acceptors (Lipinski definition) is 1. The molecule has 0 aliphatic carbocycles. The van der Waals surface area contributed by atoms with Gasteiger partial charge in [0.15, 0.2) is 6.29 Å². The molecule has 0 radical (unpaired) electrons. The van der Waals surface area contributed by atoms with Crippen LogP contribution in [0, 0.1) is 11.8 Å². The third kappa shape index (κ3) is 3.17. The van der Waals surface area contributed by atoms with E-state index in [1.54, 1.807) is 18.2 Å². The van der Waals surface area contributed by atoms with Crippen LogP contribution in [0.4, 0.5) is 0 Å². The summed E-state index contributed by atoms with van der Waals surface area (Å²) in [4.78, 5) is 10.7. The van der Waals surface area contributed by atoms with Crippen LogP contribution >= 0.6 is 27.5 Å². The molecule has 1 aromatic rings. The lowest BCUT2D eigenvalue weighted by Gasteiger charge is -1.96. The number of rotatable bonds is 2. The number of benzene rings is 1. The number of carbonyl (C=O) groups excluding carboxylic acids is 1. The third-order valence-electron chi connectivity index (χ3n) is 1.58. The van der Waals surface area contributed by atoms with Crippen molar-refractivity contribution in [3.05, 3.63) is 34.3 Å². The van der Waals surface area contributed by atoms with Crippen molar-refractivity contribution in [2.75, 3.05) is 5.33 Å². The highest BCUT2D eigenvalue weighted by Gasteiger charge is 1.98. The van der Waals surface area contributed by atoms with Crippen LogP contribution in [0.2, 0.25) is 5.02 Å². The molecule has 72 valence electrons. The topological polar surface area (TPSA) is 17.1 Å². The number of alkyl halides is 1. The van der Waals surface area contributed by atoms with Gasteiger partial charge in [-0.25, -0.2) is 0 Å². The molecule has 0 fully saturated rings. The summed E-state index contributed by atoms with van der Waals surface area (Å²) in [6.45, 7) is 0. The molecular weight excluding hydrogens is 263 g/mol. The molecule has 0 heterocycles. The van der Waals surface area contributed by atoms with E-state index < -0.39 is 0 Å². The minimum Gasteiger partial charge on any atom is -0.298 e. The maximum atomic E-state index is 10.7. The van der Waals surface area contributed by atoms with Crippen LogP contribution in [-0.4, -0.2) is 11.6 Å². The molecule has 0 aromatic heterocycles. The first-order valence-electron chi connectivity index (χ1n) is 4.07. The molecule has 0 atom stereocenters. The normalized spacial score (nSPS) is 9.00. The van der Waals surface area contributed by atoms with Gasteiger partial charge in [-0.2, -0.15) is 0 Å². The molecule has 0 bridgehead atoms. The molecule has 0 saturated heterocycles. The average molecular weight is 272 g/mol. The molecule has 3 heteroatoms. The highest BCUT2D eigenvalue weighted by atomic mass is 79.9. The van der Waals surface area contributed by atoms with E-state index >= 15 is 0 Å². The van der Waals surface area contributed by atoms with Gasteiger partial charge in [-0.3, -0.25) is 4.79 Å². The lowest BCUT2D eigenvalue weighted by molar-refractivity contribution is 0.112. The zero-order valence-corrected chi connectivity index (χ0v) is 9.73. The summed E-state index contributed by atoms with van der Waals surface area (Å²) in [6, 6.07) is 5.10. The van der Waals surface area contributed by atoms with Gasteiger partial charge in [-0.1, -0.05) is 39.4 Å². The standard InChI is InChI=1S/C11H8BrClO/c12-6-2-1-3-9-4-5-11(13)7-10(9)8-14/h4-5,7-8H,2,6H2. The van der Waals surface area contributed by atoms with Crippen molar-refractivity contribution in [3.63, 3.8) is 0 Å². The zero-order valence-electron chi connectivity index (χ0n) is 7.39. The summed E-state index contributed by atoms with van der Waals surface area (Å²) in [5, 5.41) is 1.39. The molecule has 0 spiro atoms. The van der Waals surface area contributed by atoms with Gasteiger partial charge in [0.2, 0.25) is 0 Å². The fraction of sp³-hybridized carbons (Fsp3) is 0.182. The third-order valence-corrected chi connectivity index (χ3v) is 2.21. The quantitative estimate of drug-likeness (QED) is 0.458. The van der Waals surface area contributed by atoms with Gasteiger partial charge in [0.25, 0.3) is 0 Å². The summed E-state index contributed by atoms with van der Waals surface area (Å²) in [7, 11) is 0. The minimum atomic E-state index is 0.541. The summed E-state index contributed by atoms with van der Waals surface area (Å²) in [5.74, 6) is 5.87. The predicted octanol–water partition coefficient (Wildman–Crippen LogP) is 3.29. The van der Waals surface area contributed by atoms with E-state index in [0.29, 0.717) is 10.6 Å². The average Bonchev–Trinajstić information content (AvgIpc) is 2.20. The van der Waals surface area contributed by atoms with Crippen molar-refractivity contribution < 1.29 is 4.79 Å². The first kappa shape index (κ1) is 11.3. The Labute approximate surface area is 96.6 Å². The molecule has 0 saturated carbocycles. The Morgan fingerprint density at radius 2 is 2.29 bits per heavy atom. The van der Waals surface area contributed by atoms with E-state index in [-0.39, 0.29) is 0 Å². The van der Waals surface area contributed by atoms with Gasteiger partial charge in [-0.05, 0) is 18.2 Å². The smallest absolute Gasteiger partial charge is 0.151 e. The van der Waals surface area contributed by atoms with Gasteiger partial charge < -0.3 is 0 Å². The number of aldehydes is 1. The molecular formula is C11H8BrClO. The summed E-state index contributed by atoms with van der Waals surface area (Å²) >= 11 is 9.02. The lowest BCUT2D eigenvalue weighted by atomic mass is 10.1. The molecule has 1 rings (SSSR count). The van der Waals surface area contributed by atoms with Crippen molar-refractivity contribution in [3.8, 4) is 11.8 Å². The van der Waals surface area contributed by atoms with Gasteiger partial charge in [-0.15, -0.1) is 0 Å². The monoisotopic (exact) mass is 270 g/mol. The summed E-state index contributed by atoms with van der Waals surface area (Å²) in [5.41, 5.74) is 1.27. The van der Waals surface area contributed by atoms with Crippen LogP contribution in [0.25, 0.3) is 0 Å². The van der Waals surface area contributed by atoms with Crippen molar-refractivity contribution in [2.45, 2.75) is 6.42 Å². The fourth-order valence-corrected chi connectivity index (χ4v) is 1.33.